The van der Waals surface area contributed by atoms with E-state index in [1.807, 2.05) is 29.2 Å². The Morgan fingerprint density at radius 2 is 1.91 bits per heavy atom. The number of nitrogens with two attached hydrogens (primary N) is 1. The summed E-state index contributed by atoms with van der Waals surface area (Å²) in [6.45, 7) is 1.40. The van der Waals surface area contributed by atoms with Crippen molar-refractivity contribution >= 4 is 17.6 Å². The van der Waals surface area contributed by atoms with Crippen LogP contribution in [0.3, 0.4) is 0 Å². The number of hydrogen-bond acceptors (Lipinski definition) is 2. The molecule has 0 bridgehead atoms. The molecule has 0 radical (unpaired) electrons. The van der Waals surface area contributed by atoms with Gasteiger partial charge in [0, 0.05) is 24.7 Å². The second kappa shape index (κ2) is 7.49. The third-order valence-corrected chi connectivity index (χ3v) is 4.71. The molecule has 2 aliphatic rings. The predicted molar refractivity (Wildman–Crippen MR) is 93.4 cm³/mol. The molecule has 3 rings (SSSR count). The molecule has 1 saturated heterocycles. The van der Waals surface area contributed by atoms with Crippen LogP contribution in [0.2, 0.25) is 0 Å². The number of carbonyl (C=O) groups is 1. The Labute approximate surface area is 138 Å². The molecule has 1 aliphatic carbocycles. The maximum Gasteiger partial charge on any atom is 0.227 e. The van der Waals surface area contributed by atoms with Gasteiger partial charge in [0.1, 0.15) is 0 Å². The summed E-state index contributed by atoms with van der Waals surface area (Å²) in [6, 6.07) is 8.53. The van der Waals surface area contributed by atoms with Gasteiger partial charge in [0.25, 0.3) is 0 Å². The summed E-state index contributed by atoms with van der Waals surface area (Å²) in [5, 5.41) is 3.33. The molecule has 0 aromatic heterocycles. The van der Waals surface area contributed by atoms with Crippen molar-refractivity contribution in [3.8, 4) is 0 Å². The van der Waals surface area contributed by atoms with Gasteiger partial charge >= 0.3 is 0 Å². The molecular weight excluding hydrogens is 288 g/mol. The molecule has 1 amide bonds. The van der Waals surface area contributed by atoms with Crippen molar-refractivity contribution in [1.29, 1.82) is 0 Å². The number of anilines is 1. The first-order valence-electron chi connectivity index (χ1n) is 8.68. The van der Waals surface area contributed by atoms with E-state index in [1.54, 1.807) is 0 Å². The minimum Gasteiger partial charge on any atom is -0.370 e. The van der Waals surface area contributed by atoms with Crippen molar-refractivity contribution < 1.29 is 4.79 Å². The molecule has 2 fully saturated rings. The standard InChI is InChI=1S/C18H26N4O/c19-18(21-15-5-2-1-3-6-15)20-13-14-8-10-16(11-9-14)22-12-4-7-17(22)23/h8-11,15H,1-7,12-13H2,(H3,19,20,21). The van der Waals surface area contributed by atoms with Crippen LogP contribution in [-0.4, -0.2) is 24.5 Å². The van der Waals surface area contributed by atoms with Crippen molar-refractivity contribution in [2.75, 3.05) is 11.4 Å². The van der Waals surface area contributed by atoms with Crippen LogP contribution in [0.1, 0.15) is 50.5 Å². The van der Waals surface area contributed by atoms with Gasteiger partial charge in [0.05, 0.1) is 6.54 Å². The van der Waals surface area contributed by atoms with E-state index in [9.17, 15) is 4.79 Å². The van der Waals surface area contributed by atoms with Crippen molar-refractivity contribution in [2.24, 2.45) is 10.7 Å². The molecule has 0 atom stereocenters. The van der Waals surface area contributed by atoms with Gasteiger partial charge in [-0.15, -0.1) is 0 Å². The second-order valence-electron chi connectivity index (χ2n) is 6.50. The average molecular weight is 314 g/mol. The Balaban J connectivity index is 1.53. The van der Waals surface area contributed by atoms with Gasteiger partial charge in [0.15, 0.2) is 5.96 Å². The highest BCUT2D eigenvalue weighted by atomic mass is 16.2. The smallest absolute Gasteiger partial charge is 0.227 e. The maximum absolute atomic E-state index is 11.7. The van der Waals surface area contributed by atoms with Crippen LogP contribution in [0.25, 0.3) is 0 Å². The lowest BCUT2D eigenvalue weighted by atomic mass is 9.96. The molecule has 1 saturated carbocycles. The van der Waals surface area contributed by atoms with Crippen molar-refractivity contribution in [3.63, 3.8) is 0 Å². The van der Waals surface area contributed by atoms with Crippen molar-refractivity contribution in [2.45, 2.75) is 57.5 Å². The number of rotatable bonds is 4. The zero-order valence-corrected chi connectivity index (χ0v) is 13.6. The fraction of sp³-hybridized carbons (Fsp3) is 0.556. The Morgan fingerprint density at radius 1 is 1.17 bits per heavy atom. The van der Waals surface area contributed by atoms with Gasteiger partial charge in [-0.25, -0.2) is 4.99 Å². The number of benzene rings is 1. The summed E-state index contributed by atoms with van der Waals surface area (Å²) in [5.41, 5.74) is 8.07. The third-order valence-electron chi connectivity index (χ3n) is 4.71. The lowest BCUT2D eigenvalue weighted by Crippen LogP contribution is -2.41. The molecular formula is C18H26N4O. The summed E-state index contributed by atoms with van der Waals surface area (Å²) >= 11 is 0. The van der Waals surface area contributed by atoms with E-state index in [-0.39, 0.29) is 5.91 Å². The molecule has 1 aliphatic heterocycles. The van der Waals surface area contributed by atoms with E-state index in [4.69, 9.17) is 5.73 Å². The predicted octanol–water partition coefficient (Wildman–Crippen LogP) is 2.55. The molecule has 23 heavy (non-hydrogen) atoms. The summed E-state index contributed by atoms with van der Waals surface area (Å²) in [7, 11) is 0. The molecule has 5 heteroatoms. The van der Waals surface area contributed by atoms with Crippen LogP contribution in [0.15, 0.2) is 29.3 Å². The van der Waals surface area contributed by atoms with Crippen LogP contribution >= 0.6 is 0 Å². The second-order valence-corrected chi connectivity index (χ2v) is 6.50. The molecule has 1 heterocycles. The van der Waals surface area contributed by atoms with E-state index < -0.39 is 0 Å². The number of guanidine groups is 1. The molecule has 124 valence electrons. The summed E-state index contributed by atoms with van der Waals surface area (Å²) in [5.74, 6) is 0.757. The van der Waals surface area contributed by atoms with Gasteiger partial charge < -0.3 is 16.0 Å². The first kappa shape index (κ1) is 15.8. The molecule has 0 unspecified atom stereocenters. The first-order chi connectivity index (χ1) is 11.2. The van der Waals surface area contributed by atoms with Gasteiger partial charge in [-0.05, 0) is 37.0 Å². The van der Waals surface area contributed by atoms with E-state index >= 15 is 0 Å². The first-order valence-corrected chi connectivity index (χ1v) is 8.68. The van der Waals surface area contributed by atoms with Crippen LogP contribution < -0.4 is 16.0 Å². The fourth-order valence-corrected chi connectivity index (χ4v) is 3.38. The van der Waals surface area contributed by atoms with Crippen LogP contribution in [-0.2, 0) is 11.3 Å². The topological polar surface area (TPSA) is 70.7 Å². The molecule has 0 spiro atoms. The SMILES string of the molecule is NC(=NCc1ccc(N2CCCC2=O)cc1)NC1CCCCC1. The normalized spacial score (nSPS) is 20.1. The fourth-order valence-electron chi connectivity index (χ4n) is 3.38. The zero-order chi connectivity index (χ0) is 16.1. The highest BCUT2D eigenvalue weighted by molar-refractivity contribution is 5.95. The minimum absolute atomic E-state index is 0.219. The molecule has 5 nitrogen and oxygen atoms in total. The Kier molecular flexibility index (Phi) is 5.16. The van der Waals surface area contributed by atoms with E-state index in [2.05, 4.69) is 10.3 Å². The largest absolute Gasteiger partial charge is 0.370 e. The third kappa shape index (κ3) is 4.24. The number of nitrogens with zero attached hydrogens (tertiary/aromatic N) is 2. The number of nitrogens with one attached hydrogen (secondary N) is 1. The summed E-state index contributed by atoms with van der Waals surface area (Å²) in [6.07, 6.45) is 7.89. The van der Waals surface area contributed by atoms with Gasteiger partial charge in [0.2, 0.25) is 5.91 Å². The lowest BCUT2D eigenvalue weighted by molar-refractivity contribution is -0.117. The summed E-state index contributed by atoms with van der Waals surface area (Å²) in [4.78, 5) is 18.0. The molecule has 1 aromatic rings. The molecule has 3 N–H and O–H groups in total. The van der Waals surface area contributed by atoms with Gasteiger partial charge in [-0.3, -0.25) is 4.79 Å². The van der Waals surface area contributed by atoms with E-state index in [0.29, 0.717) is 25.0 Å². The quantitative estimate of drug-likeness (QED) is 0.663. The zero-order valence-electron chi connectivity index (χ0n) is 13.6. The lowest BCUT2D eigenvalue weighted by Gasteiger charge is -2.23. The number of hydrogen-bond donors (Lipinski definition) is 2. The van der Waals surface area contributed by atoms with E-state index in [0.717, 1.165) is 24.2 Å². The number of amides is 1. The van der Waals surface area contributed by atoms with Gasteiger partial charge in [-0.1, -0.05) is 31.4 Å². The Bertz CT molecular complexity index is 561. The number of aliphatic imine (C=N–C) groups is 1. The number of carbonyl (C=O) groups excluding carboxylic acids is 1. The Morgan fingerprint density at radius 3 is 2.57 bits per heavy atom. The molecule has 1 aromatic carbocycles. The van der Waals surface area contributed by atoms with Crippen LogP contribution in [0, 0.1) is 0 Å². The highest BCUT2D eigenvalue weighted by Gasteiger charge is 2.21. The van der Waals surface area contributed by atoms with Crippen LogP contribution in [0.5, 0.6) is 0 Å². The van der Waals surface area contributed by atoms with Crippen LogP contribution in [0.4, 0.5) is 5.69 Å². The highest BCUT2D eigenvalue weighted by Crippen LogP contribution is 2.22. The maximum atomic E-state index is 11.7. The average Bonchev–Trinajstić information content (AvgIpc) is 3.00. The van der Waals surface area contributed by atoms with Crippen molar-refractivity contribution in [1.82, 2.24) is 5.32 Å². The minimum atomic E-state index is 0.219. The van der Waals surface area contributed by atoms with Crippen molar-refractivity contribution in [3.05, 3.63) is 29.8 Å². The Hall–Kier alpha value is -2.04. The monoisotopic (exact) mass is 314 g/mol. The van der Waals surface area contributed by atoms with E-state index in [1.165, 1.54) is 32.1 Å². The van der Waals surface area contributed by atoms with Gasteiger partial charge in [-0.2, -0.15) is 0 Å². The summed E-state index contributed by atoms with van der Waals surface area (Å²) < 4.78 is 0.